The molecular weight excluding hydrogens is 300 g/mol. The van der Waals surface area contributed by atoms with Crippen LogP contribution in [0.2, 0.25) is 5.02 Å². The minimum absolute atomic E-state index is 0.00509. The maximum Gasteiger partial charge on any atom is 0.295 e. The molecule has 1 aromatic heterocycles. The van der Waals surface area contributed by atoms with E-state index < -0.39 is 4.92 Å². The van der Waals surface area contributed by atoms with Gasteiger partial charge in [0.1, 0.15) is 5.52 Å². The molecule has 4 nitrogen and oxygen atoms in total. The average Bonchev–Trinajstić information content (AvgIpc) is 2.53. The van der Waals surface area contributed by atoms with Crippen LogP contribution in [0.4, 0.5) is 5.69 Å². The van der Waals surface area contributed by atoms with Crippen LogP contribution in [0.15, 0.2) is 54.6 Å². The summed E-state index contributed by atoms with van der Waals surface area (Å²) in [7, 11) is 0. The highest BCUT2D eigenvalue weighted by Gasteiger charge is 2.12. The van der Waals surface area contributed by atoms with Gasteiger partial charge in [-0.1, -0.05) is 54.1 Å². The Bertz CT molecular complexity index is 891. The number of benzene rings is 2. The number of halogens is 1. The van der Waals surface area contributed by atoms with E-state index >= 15 is 0 Å². The van der Waals surface area contributed by atoms with Crippen LogP contribution in [0.1, 0.15) is 11.3 Å². The van der Waals surface area contributed by atoms with Gasteiger partial charge < -0.3 is 0 Å². The zero-order valence-electron chi connectivity index (χ0n) is 11.4. The molecule has 0 radical (unpaired) electrons. The molecule has 0 N–H and O–H groups in total. The molecule has 108 valence electrons. The summed E-state index contributed by atoms with van der Waals surface area (Å²) >= 11 is 6.09. The molecule has 3 aromatic rings. The first-order valence-electron chi connectivity index (χ1n) is 6.62. The monoisotopic (exact) mass is 310 g/mol. The molecule has 1 heterocycles. The Morgan fingerprint density at radius 3 is 2.59 bits per heavy atom. The summed E-state index contributed by atoms with van der Waals surface area (Å²) < 4.78 is 0. The predicted molar refractivity (Wildman–Crippen MR) is 88.8 cm³/mol. The predicted octanol–water partition coefficient (Wildman–Crippen LogP) is 4.97. The van der Waals surface area contributed by atoms with Crippen molar-refractivity contribution in [3.05, 3.63) is 81.0 Å². The summed E-state index contributed by atoms with van der Waals surface area (Å²) in [4.78, 5) is 15.0. The van der Waals surface area contributed by atoms with E-state index in [2.05, 4.69) is 4.98 Å². The minimum atomic E-state index is -0.420. The SMILES string of the molecule is O=[N+]([O-])c1cccc2ccc(/C=C/c3ccccc3Cl)nc12. The number of non-ortho nitro benzene ring substituents is 1. The van der Waals surface area contributed by atoms with Crippen LogP contribution in [-0.4, -0.2) is 9.91 Å². The third kappa shape index (κ3) is 2.82. The van der Waals surface area contributed by atoms with Crippen LogP contribution in [0.5, 0.6) is 0 Å². The van der Waals surface area contributed by atoms with E-state index in [-0.39, 0.29) is 5.69 Å². The number of rotatable bonds is 3. The molecule has 0 aliphatic rings. The van der Waals surface area contributed by atoms with Gasteiger partial charge >= 0.3 is 0 Å². The summed E-state index contributed by atoms with van der Waals surface area (Å²) in [5.74, 6) is 0. The normalized spacial score (nSPS) is 11.1. The zero-order valence-corrected chi connectivity index (χ0v) is 12.2. The van der Waals surface area contributed by atoms with Gasteiger partial charge in [0.25, 0.3) is 5.69 Å². The van der Waals surface area contributed by atoms with Gasteiger partial charge in [-0.25, -0.2) is 4.98 Å². The van der Waals surface area contributed by atoms with Gasteiger partial charge in [0.05, 0.1) is 10.6 Å². The van der Waals surface area contributed by atoms with E-state index in [9.17, 15) is 10.1 Å². The highest BCUT2D eigenvalue weighted by atomic mass is 35.5. The molecular formula is C17H11ClN2O2. The van der Waals surface area contributed by atoms with Crippen molar-refractivity contribution in [1.29, 1.82) is 0 Å². The molecule has 0 saturated heterocycles. The van der Waals surface area contributed by atoms with Gasteiger partial charge in [-0.3, -0.25) is 10.1 Å². The highest BCUT2D eigenvalue weighted by Crippen LogP contribution is 2.24. The first-order valence-corrected chi connectivity index (χ1v) is 7.00. The van der Waals surface area contributed by atoms with Gasteiger partial charge in [-0.05, 0) is 23.8 Å². The lowest BCUT2D eigenvalue weighted by Gasteiger charge is -2.01. The average molecular weight is 311 g/mol. The maximum atomic E-state index is 11.1. The van der Waals surface area contributed by atoms with Gasteiger partial charge in [0.15, 0.2) is 0 Å². The van der Waals surface area contributed by atoms with Gasteiger partial charge in [0.2, 0.25) is 0 Å². The lowest BCUT2D eigenvalue weighted by molar-refractivity contribution is -0.383. The van der Waals surface area contributed by atoms with Gasteiger partial charge in [0, 0.05) is 16.5 Å². The molecule has 0 bridgehead atoms. The first-order chi connectivity index (χ1) is 10.6. The zero-order chi connectivity index (χ0) is 15.5. The van der Waals surface area contributed by atoms with E-state index in [1.165, 1.54) is 6.07 Å². The van der Waals surface area contributed by atoms with E-state index in [4.69, 9.17) is 11.6 Å². The Hall–Kier alpha value is -2.72. The van der Waals surface area contributed by atoms with Crippen molar-refractivity contribution in [3.63, 3.8) is 0 Å². The quantitative estimate of drug-likeness (QED) is 0.507. The lowest BCUT2D eigenvalue weighted by Crippen LogP contribution is -1.92. The van der Waals surface area contributed by atoms with Gasteiger partial charge in [-0.15, -0.1) is 0 Å². The molecule has 0 saturated carbocycles. The van der Waals surface area contributed by atoms with Crippen molar-refractivity contribution in [2.45, 2.75) is 0 Å². The van der Waals surface area contributed by atoms with Crippen molar-refractivity contribution in [2.75, 3.05) is 0 Å². The van der Waals surface area contributed by atoms with Gasteiger partial charge in [-0.2, -0.15) is 0 Å². The fourth-order valence-electron chi connectivity index (χ4n) is 2.17. The Morgan fingerprint density at radius 1 is 1.00 bits per heavy atom. The third-order valence-corrected chi connectivity index (χ3v) is 3.60. The van der Waals surface area contributed by atoms with Crippen LogP contribution < -0.4 is 0 Å². The van der Waals surface area contributed by atoms with Crippen LogP contribution in [-0.2, 0) is 0 Å². The largest absolute Gasteiger partial charge is 0.295 e. The first kappa shape index (κ1) is 14.2. The molecule has 3 rings (SSSR count). The van der Waals surface area contributed by atoms with E-state index in [0.29, 0.717) is 16.2 Å². The summed E-state index contributed by atoms with van der Waals surface area (Å²) in [6.45, 7) is 0. The number of fused-ring (bicyclic) bond motifs is 1. The van der Waals surface area contributed by atoms with Crippen molar-refractivity contribution < 1.29 is 4.92 Å². The lowest BCUT2D eigenvalue weighted by atomic mass is 10.1. The molecule has 0 aliphatic heterocycles. The fraction of sp³-hybridized carbons (Fsp3) is 0. The fourth-order valence-corrected chi connectivity index (χ4v) is 2.37. The molecule has 0 atom stereocenters. The molecule has 2 aromatic carbocycles. The number of hydrogen-bond acceptors (Lipinski definition) is 3. The Labute approximate surface area is 131 Å². The maximum absolute atomic E-state index is 11.1. The smallest absolute Gasteiger partial charge is 0.258 e. The van der Waals surface area contributed by atoms with Crippen LogP contribution in [0.25, 0.3) is 23.1 Å². The molecule has 0 spiro atoms. The minimum Gasteiger partial charge on any atom is -0.258 e. The van der Waals surface area contributed by atoms with Crippen LogP contribution in [0, 0.1) is 10.1 Å². The topological polar surface area (TPSA) is 56.0 Å². The molecule has 0 aliphatic carbocycles. The molecule has 5 heteroatoms. The number of nitro groups is 1. The summed E-state index contributed by atoms with van der Waals surface area (Å²) in [6, 6.07) is 16.0. The van der Waals surface area contributed by atoms with Crippen molar-refractivity contribution >= 4 is 40.3 Å². The number of nitro benzene ring substituents is 1. The van der Waals surface area contributed by atoms with Crippen LogP contribution >= 0.6 is 11.6 Å². The second-order valence-electron chi connectivity index (χ2n) is 4.70. The number of hydrogen-bond donors (Lipinski definition) is 0. The summed E-state index contributed by atoms with van der Waals surface area (Å²) in [5.41, 5.74) is 1.90. The molecule has 0 unspecified atom stereocenters. The van der Waals surface area contributed by atoms with E-state index in [1.54, 1.807) is 24.3 Å². The number of pyridine rings is 1. The standard InChI is InChI=1S/C17H11ClN2O2/c18-15-6-2-1-4-12(15)8-10-14-11-9-13-5-3-7-16(20(21)22)17(13)19-14/h1-11H/b10-8+. The second-order valence-corrected chi connectivity index (χ2v) is 5.10. The summed E-state index contributed by atoms with van der Waals surface area (Å²) in [5, 5.41) is 12.5. The second kappa shape index (κ2) is 5.95. The molecule has 22 heavy (non-hydrogen) atoms. The molecule has 0 amide bonds. The van der Waals surface area contributed by atoms with Crippen LogP contribution in [0.3, 0.4) is 0 Å². The highest BCUT2D eigenvalue weighted by molar-refractivity contribution is 6.32. The van der Waals surface area contributed by atoms with Crippen molar-refractivity contribution in [3.8, 4) is 0 Å². The number of nitrogens with zero attached hydrogens (tertiary/aromatic N) is 2. The number of para-hydroxylation sites is 1. The Balaban J connectivity index is 2.04. The molecule has 0 fully saturated rings. The van der Waals surface area contributed by atoms with E-state index in [1.807, 2.05) is 36.4 Å². The Morgan fingerprint density at radius 2 is 1.82 bits per heavy atom. The summed E-state index contributed by atoms with van der Waals surface area (Å²) in [6.07, 6.45) is 3.63. The van der Waals surface area contributed by atoms with Crippen molar-refractivity contribution in [2.24, 2.45) is 0 Å². The number of aromatic nitrogens is 1. The van der Waals surface area contributed by atoms with Crippen molar-refractivity contribution in [1.82, 2.24) is 4.98 Å². The van der Waals surface area contributed by atoms with E-state index in [0.717, 1.165) is 10.9 Å². The third-order valence-electron chi connectivity index (χ3n) is 3.26. The Kier molecular flexibility index (Phi) is 3.85.